The average molecular weight is 826 g/mol. The number of nitrogens with two attached hydrogens (primary N) is 2. The van der Waals surface area contributed by atoms with E-state index >= 15 is 0 Å². The molecule has 0 radical (unpaired) electrons. The van der Waals surface area contributed by atoms with Gasteiger partial charge in [-0.15, -0.1) is 24.8 Å². The second kappa shape index (κ2) is 30.2. The molecule has 0 aliphatic heterocycles. The first-order chi connectivity index (χ1) is 26.1. The third-order valence-corrected chi connectivity index (χ3v) is 7.71. The molecule has 18 heteroatoms. The lowest BCUT2D eigenvalue weighted by Gasteiger charge is -2.22. The van der Waals surface area contributed by atoms with E-state index in [0.29, 0.717) is 25.9 Å². The topological polar surface area (TPSA) is 222 Å². The number of benzene rings is 2. The fraction of sp³-hybridized carbons (Fsp3) is 0.474. The van der Waals surface area contributed by atoms with Gasteiger partial charge < -0.3 is 50.8 Å². The first kappa shape index (κ1) is 50.9. The number of esters is 2. The number of carbonyl (C=O) groups excluding carboxylic acids is 6. The van der Waals surface area contributed by atoms with Crippen molar-refractivity contribution >= 4 is 60.8 Å². The van der Waals surface area contributed by atoms with Crippen molar-refractivity contribution in [3.05, 3.63) is 70.8 Å². The Morgan fingerprint density at radius 3 is 1.23 bits per heavy atom. The summed E-state index contributed by atoms with van der Waals surface area (Å²) in [5.41, 5.74) is 15.1. The van der Waals surface area contributed by atoms with Gasteiger partial charge in [-0.3, -0.25) is 19.2 Å². The number of amides is 4. The highest BCUT2D eigenvalue weighted by Crippen LogP contribution is 2.09. The van der Waals surface area contributed by atoms with Crippen molar-refractivity contribution < 1.29 is 47.7 Å². The normalized spacial score (nSPS) is 9.86. The molecule has 0 heterocycles. The number of ether oxygens (including phenoxy) is 4. The van der Waals surface area contributed by atoms with Gasteiger partial charge >= 0.3 is 24.1 Å². The lowest BCUT2D eigenvalue weighted by Crippen LogP contribution is -2.42. The van der Waals surface area contributed by atoms with Gasteiger partial charge in [-0.05, 0) is 48.9 Å². The zero-order chi connectivity index (χ0) is 39.6. The van der Waals surface area contributed by atoms with Crippen molar-refractivity contribution in [1.29, 1.82) is 0 Å². The van der Waals surface area contributed by atoms with E-state index in [-0.39, 0.29) is 115 Å². The van der Waals surface area contributed by atoms with Gasteiger partial charge in [-0.25, -0.2) is 9.59 Å². The molecule has 0 fully saturated rings. The molecule has 2 rings (SSSR count). The van der Waals surface area contributed by atoms with E-state index in [2.05, 4.69) is 22.5 Å². The number of hydrogen-bond acceptors (Lipinski definition) is 12. The SMILES string of the molecule is CCOC(=O)CN(CCNC(=O)OCC#CCOC(=O)NCCN(CC(=O)OCC)C(=O)CCc1ccc(CN)cc1)C(=O)CCc1ccc(CN)cc1.Cl.Cl. The Morgan fingerprint density at radius 1 is 0.571 bits per heavy atom. The standard InChI is InChI=1S/C38H52N6O10.2ClH/c1-3-51-35(47)27-43(33(45)17-15-29-7-11-31(25-39)12-8-29)21-19-41-37(49)53-23-5-6-24-54-38(50)42-20-22-44(28-36(48)52-4-2)34(46)18-16-30-9-13-32(26-40)14-10-30;;/h7-14H,3-4,15-28,39-40H2,1-2H3,(H,41,49)(H,42,50);2*1H. The summed E-state index contributed by atoms with van der Waals surface area (Å²) in [4.78, 5) is 76.8. The molecule has 0 saturated carbocycles. The number of nitrogens with zero attached hydrogens (tertiary/aromatic N) is 2. The minimum Gasteiger partial charge on any atom is -0.465 e. The molecule has 0 bridgehead atoms. The molecule has 310 valence electrons. The number of aryl methyl sites for hydroxylation is 2. The van der Waals surface area contributed by atoms with Crippen LogP contribution in [0.2, 0.25) is 0 Å². The van der Waals surface area contributed by atoms with E-state index in [4.69, 9.17) is 30.4 Å². The van der Waals surface area contributed by atoms with Gasteiger partial charge in [-0.2, -0.15) is 0 Å². The number of carbonyl (C=O) groups is 6. The number of halogens is 2. The minimum atomic E-state index is -0.794. The summed E-state index contributed by atoms with van der Waals surface area (Å²) in [5, 5.41) is 5.01. The first-order valence-corrected chi connectivity index (χ1v) is 17.8. The van der Waals surface area contributed by atoms with Crippen molar-refractivity contribution in [2.24, 2.45) is 11.5 Å². The molecule has 16 nitrogen and oxygen atoms in total. The number of nitrogens with one attached hydrogen (secondary N) is 2. The van der Waals surface area contributed by atoms with Crippen LogP contribution in [0.4, 0.5) is 9.59 Å². The maximum absolute atomic E-state index is 12.9. The van der Waals surface area contributed by atoms with E-state index in [9.17, 15) is 28.8 Å². The molecule has 6 N–H and O–H groups in total. The monoisotopic (exact) mass is 824 g/mol. The van der Waals surface area contributed by atoms with Crippen LogP contribution in [0.25, 0.3) is 0 Å². The maximum Gasteiger partial charge on any atom is 0.408 e. The molecule has 0 aliphatic rings. The van der Waals surface area contributed by atoms with Crippen LogP contribution in [0.3, 0.4) is 0 Å². The smallest absolute Gasteiger partial charge is 0.408 e. The molecular weight excluding hydrogens is 771 g/mol. The third kappa shape index (κ3) is 21.7. The number of alkyl carbamates (subject to hydrolysis) is 2. The average Bonchev–Trinajstić information content (AvgIpc) is 3.17. The van der Waals surface area contributed by atoms with Gasteiger partial charge in [0.25, 0.3) is 0 Å². The highest BCUT2D eigenvalue weighted by atomic mass is 35.5. The zero-order valence-corrected chi connectivity index (χ0v) is 33.5. The Balaban J connectivity index is 0.0000151. The molecule has 0 saturated heterocycles. The lowest BCUT2D eigenvalue weighted by atomic mass is 10.1. The molecule has 2 aromatic rings. The Labute approximate surface area is 340 Å². The fourth-order valence-electron chi connectivity index (χ4n) is 4.80. The highest BCUT2D eigenvalue weighted by molar-refractivity contribution is 5.86. The molecule has 0 unspecified atom stereocenters. The Hall–Kier alpha value is -5.08. The third-order valence-electron chi connectivity index (χ3n) is 7.71. The Morgan fingerprint density at radius 2 is 0.911 bits per heavy atom. The van der Waals surface area contributed by atoms with Crippen LogP contribution in [0.5, 0.6) is 0 Å². The van der Waals surface area contributed by atoms with Gasteiger partial charge in [0.1, 0.15) is 13.1 Å². The van der Waals surface area contributed by atoms with Gasteiger partial charge in [0.2, 0.25) is 11.8 Å². The predicted molar refractivity (Wildman–Crippen MR) is 213 cm³/mol. The van der Waals surface area contributed by atoms with Crippen molar-refractivity contribution in [3.63, 3.8) is 0 Å². The van der Waals surface area contributed by atoms with Crippen molar-refractivity contribution in [2.75, 3.05) is 65.7 Å². The van der Waals surface area contributed by atoms with E-state index in [1.54, 1.807) is 13.8 Å². The molecule has 0 spiro atoms. The summed E-state index contributed by atoms with van der Waals surface area (Å²) < 4.78 is 19.9. The van der Waals surface area contributed by atoms with Crippen LogP contribution >= 0.6 is 24.8 Å². The summed E-state index contributed by atoms with van der Waals surface area (Å²) >= 11 is 0. The molecule has 0 aliphatic carbocycles. The summed E-state index contributed by atoms with van der Waals surface area (Å²) in [5.74, 6) is 3.41. The Kier molecular flexibility index (Phi) is 27.4. The van der Waals surface area contributed by atoms with Crippen LogP contribution in [-0.2, 0) is 64.1 Å². The van der Waals surface area contributed by atoms with Crippen molar-refractivity contribution in [2.45, 2.75) is 52.6 Å². The molecule has 0 atom stereocenters. The molecule has 4 amide bonds. The summed E-state index contributed by atoms with van der Waals surface area (Å²) in [6.07, 6.45) is -0.350. The highest BCUT2D eigenvalue weighted by Gasteiger charge is 2.19. The second-order valence-corrected chi connectivity index (χ2v) is 11.6. The number of hydrogen-bond donors (Lipinski definition) is 4. The maximum atomic E-state index is 12.9. The molecular formula is C38H54Cl2N6O10. The Bertz CT molecular complexity index is 1460. The fourth-order valence-corrected chi connectivity index (χ4v) is 4.80. The van der Waals surface area contributed by atoms with Crippen LogP contribution in [0.15, 0.2) is 48.5 Å². The van der Waals surface area contributed by atoms with Crippen LogP contribution in [0.1, 0.15) is 48.9 Å². The number of rotatable bonds is 22. The predicted octanol–water partition coefficient (Wildman–Crippen LogP) is 2.25. The van der Waals surface area contributed by atoms with E-state index < -0.39 is 24.1 Å². The van der Waals surface area contributed by atoms with Gasteiger partial charge in [-0.1, -0.05) is 60.4 Å². The van der Waals surface area contributed by atoms with E-state index in [1.165, 1.54) is 9.80 Å². The summed E-state index contributed by atoms with van der Waals surface area (Å²) in [6, 6.07) is 15.2. The van der Waals surface area contributed by atoms with Gasteiger partial charge in [0, 0.05) is 52.1 Å². The minimum absolute atomic E-state index is 0. The van der Waals surface area contributed by atoms with E-state index in [1.807, 2.05) is 48.5 Å². The lowest BCUT2D eigenvalue weighted by molar-refractivity contribution is -0.149. The van der Waals surface area contributed by atoms with Gasteiger partial charge in [0.15, 0.2) is 13.2 Å². The van der Waals surface area contributed by atoms with Crippen LogP contribution in [0, 0.1) is 11.8 Å². The zero-order valence-electron chi connectivity index (χ0n) is 31.9. The van der Waals surface area contributed by atoms with Crippen LogP contribution in [-0.4, -0.2) is 111 Å². The summed E-state index contributed by atoms with van der Waals surface area (Å²) in [7, 11) is 0. The van der Waals surface area contributed by atoms with Crippen molar-refractivity contribution in [3.8, 4) is 11.8 Å². The first-order valence-electron chi connectivity index (χ1n) is 17.8. The quantitative estimate of drug-likeness (QED) is 0.0763. The molecule has 0 aromatic heterocycles. The van der Waals surface area contributed by atoms with Crippen LogP contribution < -0.4 is 22.1 Å². The largest absolute Gasteiger partial charge is 0.465 e. The van der Waals surface area contributed by atoms with E-state index in [0.717, 1.165) is 22.3 Å². The second-order valence-electron chi connectivity index (χ2n) is 11.6. The van der Waals surface area contributed by atoms with Crippen molar-refractivity contribution in [1.82, 2.24) is 20.4 Å². The molecule has 56 heavy (non-hydrogen) atoms. The summed E-state index contributed by atoms with van der Waals surface area (Å²) in [6.45, 7) is 3.52. The molecule has 2 aromatic carbocycles. The van der Waals surface area contributed by atoms with Gasteiger partial charge in [0.05, 0.1) is 13.2 Å².